The fourth-order valence-corrected chi connectivity index (χ4v) is 4.45. The lowest BCUT2D eigenvalue weighted by atomic mass is 9.85. The number of nitrogens with zero attached hydrogens (tertiary/aromatic N) is 5. The molecule has 3 unspecified atom stereocenters. The number of carbonyl (C=O) groups is 2. The van der Waals surface area contributed by atoms with Gasteiger partial charge in [0.15, 0.2) is 5.65 Å². The molecule has 26 heavy (non-hydrogen) atoms. The quantitative estimate of drug-likeness (QED) is 0.848. The first-order valence-electron chi connectivity index (χ1n) is 8.88. The van der Waals surface area contributed by atoms with Gasteiger partial charge in [-0.3, -0.25) is 18.8 Å². The van der Waals surface area contributed by atoms with Gasteiger partial charge >= 0.3 is 5.97 Å². The maximum atomic E-state index is 12.9. The van der Waals surface area contributed by atoms with Gasteiger partial charge in [0, 0.05) is 13.1 Å². The van der Waals surface area contributed by atoms with E-state index in [0.717, 1.165) is 25.7 Å². The number of carboxylic acid groups (broad SMARTS) is 1. The lowest BCUT2D eigenvalue weighted by molar-refractivity contribution is -0.150. The van der Waals surface area contributed by atoms with Crippen molar-refractivity contribution in [2.24, 2.45) is 13.0 Å². The Morgan fingerprint density at radius 2 is 2.08 bits per heavy atom. The maximum Gasteiger partial charge on any atom is 0.326 e. The monoisotopic (exact) mass is 359 g/mol. The average molecular weight is 359 g/mol. The van der Waals surface area contributed by atoms with E-state index in [1.807, 2.05) is 0 Å². The molecule has 1 amide bonds. The van der Waals surface area contributed by atoms with Gasteiger partial charge in [0.2, 0.25) is 5.91 Å². The van der Waals surface area contributed by atoms with Crippen LogP contribution < -0.4 is 5.56 Å². The Balaban J connectivity index is 1.63. The summed E-state index contributed by atoms with van der Waals surface area (Å²) in [5.74, 6) is -1.07. The van der Waals surface area contributed by atoms with Crippen LogP contribution in [0.1, 0.15) is 32.1 Å². The normalized spacial score (nSPS) is 25.4. The fraction of sp³-hybridized carbons (Fsp3) is 0.588. The van der Waals surface area contributed by atoms with E-state index in [9.17, 15) is 19.5 Å². The highest BCUT2D eigenvalue weighted by Crippen LogP contribution is 2.39. The second-order valence-electron chi connectivity index (χ2n) is 7.19. The molecule has 4 rings (SSSR count). The Bertz CT molecular complexity index is 933. The standard InChI is InChI=1S/C17H21N5O4/c1-20-15-11(7-19-20)16(24)21(9-18-15)8-14(23)22-12-5-3-2-4-10(12)6-13(22)17(25)26/h7,9-10,12-13H,2-6,8H2,1H3,(H,25,26). The number of amides is 1. The first-order chi connectivity index (χ1) is 12.5. The highest BCUT2D eigenvalue weighted by molar-refractivity contribution is 5.85. The smallest absolute Gasteiger partial charge is 0.326 e. The van der Waals surface area contributed by atoms with Crippen molar-refractivity contribution >= 4 is 22.9 Å². The zero-order chi connectivity index (χ0) is 18.4. The van der Waals surface area contributed by atoms with Crippen LogP contribution in [-0.4, -0.2) is 53.3 Å². The van der Waals surface area contributed by atoms with Crippen LogP contribution in [0.15, 0.2) is 17.3 Å². The van der Waals surface area contributed by atoms with Gasteiger partial charge < -0.3 is 10.0 Å². The van der Waals surface area contributed by atoms with E-state index in [2.05, 4.69) is 10.1 Å². The van der Waals surface area contributed by atoms with Crippen molar-refractivity contribution in [2.45, 2.75) is 50.7 Å². The number of fused-ring (bicyclic) bond motifs is 2. The van der Waals surface area contributed by atoms with Crippen LogP contribution in [0.5, 0.6) is 0 Å². The molecule has 0 bridgehead atoms. The van der Waals surface area contributed by atoms with E-state index in [1.165, 1.54) is 26.7 Å². The van der Waals surface area contributed by atoms with Crippen molar-refractivity contribution in [3.05, 3.63) is 22.9 Å². The third-order valence-electron chi connectivity index (χ3n) is 5.68. The summed E-state index contributed by atoms with van der Waals surface area (Å²) >= 11 is 0. The Morgan fingerprint density at radius 1 is 1.31 bits per heavy atom. The first-order valence-corrected chi connectivity index (χ1v) is 8.88. The van der Waals surface area contributed by atoms with Gasteiger partial charge in [-0.25, -0.2) is 9.78 Å². The average Bonchev–Trinajstić information content (AvgIpc) is 3.19. The van der Waals surface area contributed by atoms with Gasteiger partial charge in [0.1, 0.15) is 24.3 Å². The highest BCUT2D eigenvalue weighted by atomic mass is 16.4. The molecule has 138 valence electrons. The molecule has 1 saturated heterocycles. The molecule has 1 N–H and O–H groups in total. The zero-order valence-electron chi connectivity index (χ0n) is 14.5. The second kappa shape index (κ2) is 6.22. The number of hydrogen-bond acceptors (Lipinski definition) is 5. The molecule has 2 aromatic rings. The maximum absolute atomic E-state index is 12.9. The second-order valence-corrected chi connectivity index (χ2v) is 7.19. The number of likely N-dealkylation sites (tertiary alicyclic amines) is 1. The molecule has 1 saturated carbocycles. The van der Waals surface area contributed by atoms with Crippen molar-refractivity contribution in [1.82, 2.24) is 24.2 Å². The SMILES string of the molecule is Cn1ncc2c(=O)n(CC(=O)N3C(C(=O)O)CC4CCCCC43)cnc21. The molecule has 0 radical (unpaired) electrons. The van der Waals surface area contributed by atoms with Crippen molar-refractivity contribution in [3.63, 3.8) is 0 Å². The molecule has 2 fully saturated rings. The summed E-state index contributed by atoms with van der Waals surface area (Å²) in [4.78, 5) is 42.9. The number of aliphatic carboxylic acids is 1. The molecule has 0 aromatic carbocycles. The molecule has 3 atom stereocenters. The van der Waals surface area contributed by atoms with E-state index in [4.69, 9.17) is 0 Å². The Kier molecular flexibility index (Phi) is 4.01. The number of hydrogen-bond donors (Lipinski definition) is 1. The van der Waals surface area contributed by atoms with E-state index >= 15 is 0 Å². The zero-order valence-corrected chi connectivity index (χ0v) is 14.5. The Labute approximate surface area is 149 Å². The van der Waals surface area contributed by atoms with E-state index < -0.39 is 12.0 Å². The van der Waals surface area contributed by atoms with Crippen LogP contribution in [0.4, 0.5) is 0 Å². The van der Waals surface area contributed by atoms with Crippen LogP contribution in [-0.2, 0) is 23.2 Å². The molecule has 2 aromatic heterocycles. The molecular weight excluding hydrogens is 338 g/mol. The summed E-state index contributed by atoms with van der Waals surface area (Å²) in [5.41, 5.74) is 0.110. The summed E-state index contributed by atoms with van der Waals surface area (Å²) in [5, 5.41) is 13.9. The summed E-state index contributed by atoms with van der Waals surface area (Å²) in [7, 11) is 1.69. The third-order valence-corrected chi connectivity index (χ3v) is 5.68. The van der Waals surface area contributed by atoms with Crippen molar-refractivity contribution in [1.29, 1.82) is 0 Å². The van der Waals surface area contributed by atoms with E-state index in [1.54, 1.807) is 7.05 Å². The van der Waals surface area contributed by atoms with Gasteiger partial charge in [-0.2, -0.15) is 5.10 Å². The van der Waals surface area contributed by atoms with E-state index in [0.29, 0.717) is 17.5 Å². The minimum Gasteiger partial charge on any atom is -0.480 e. The molecule has 3 heterocycles. The summed E-state index contributed by atoms with van der Waals surface area (Å²) in [6.07, 6.45) is 7.13. The molecule has 1 aliphatic carbocycles. The van der Waals surface area contributed by atoms with Crippen LogP contribution >= 0.6 is 0 Å². The van der Waals surface area contributed by atoms with Crippen LogP contribution in [0, 0.1) is 5.92 Å². The van der Waals surface area contributed by atoms with Crippen molar-refractivity contribution in [3.8, 4) is 0 Å². The van der Waals surface area contributed by atoms with Gasteiger partial charge in [0.05, 0.1) is 6.20 Å². The molecule has 9 heteroatoms. The lowest BCUT2D eigenvalue weighted by Gasteiger charge is -2.33. The predicted molar refractivity (Wildman–Crippen MR) is 91.4 cm³/mol. The number of aromatic nitrogens is 4. The molecule has 1 aliphatic heterocycles. The fourth-order valence-electron chi connectivity index (χ4n) is 4.45. The summed E-state index contributed by atoms with van der Waals surface area (Å²) in [6, 6.07) is -0.843. The predicted octanol–water partition coefficient (Wildman–Crippen LogP) is 0.374. The Morgan fingerprint density at radius 3 is 2.85 bits per heavy atom. The third kappa shape index (κ3) is 2.58. The molecule has 0 spiro atoms. The largest absolute Gasteiger partial charge is 0.480 e. The van der Waals surface area contributed by atoms with Crippen molar-refractivity contribution in [2.75, 3.05) is 0 Å². The minimum atomic E-state index is -0.971. The summed E-state index contributed by atoms with van der Waals surface area (Å²) in [6.45, 7) is -0.205. The number of aryl methyl sites for hydroxylation is 1. The van der Waals surface area contributed by atoms with Crippen LogP contribution in [0.3, 0.4) is 0 Å². The Hall–Kier alpha value is -2.71. The van der Waals surface area contributed by atoms with Gasteiger partial charge in [-0.1, -0.05) is 12.8 Å². The molecule has 9 nitrogen and oxygen atoms in total. The van der Waals surface area contributed by atoms with Gasteiger partial charge in [-0.05, 0) is 25.2 Å². The molecular formula is C17H21N5O4. The minimum absolute atomic E-state index is 0.0388. The number of carboxylic acids is 1. The first kappa shape index (κ1) is 16.7. The summed E-state index contributed by atoms with van der Waals surface area (Å²) < 4.78 is 2.73. The molecule has 2 aliphatic rings. The van der Waals surface area contributed by atoms with Crippen LogP contribution in [0.25, 0.3) is 11.0 Å². The van der Waals surface area contributed by atoms with Crippen LogP contribution in [0.2, 0.25) is 0 Å². The highest BCUT2D eigenvalue weighted by Gasteiger charge is 2.47. The van der Waals surface area contributed by atoms with Gasteiger partial charge in [0.25, 0.3) is 5.56 Å². The number of carbonyl (C=O) groups excluding carboxylic acids is 1. The van der Waals surface area contributed by atoms with Gasteiger partial charge in [-0.15, -0.1) is 0 Å². The lowest BCUT2D eigenvalue weighted by Crippen LogP contribution is -2.48. The topological polar surface area (TPSA) is 110 Å². The number of rotatable bonds is 3. The van der Waals surface area contributed by atoms with E-state index in [-0.39, 0.29) is 30.0 Å². The van der Waals surface area contributed by atoms with Crippen molar-refractivity contribution < 1.29 is 14.7 Å².